The van der Waals surface area contributed by atoms with Gasteiger partial charge in [0.1, 0.15) is 0 Å². The number of unbranched alkanes of at least 4 members (excludes halogenated alkanes) is 13. The minimum atomic E-state index is -4.34. The maximum atomic E-state index is 12.3. The van der Waals surface area contributed by atoms with Crippen molar-refractivity contribution in [2.75, 3.05) is 5.75 Å². The van der Waals surface area contributed by atoms with E-state index < -0.39 is 28.0 Å². The summed E-state index contributed by atoms with van der Waals surface area (Å²) in [5.41, 5.74) is 0. The maximum Gasteiger partial charge on any atom is 0.267 e. The van der Waals surface area contributed by atoms with Gasteiger partial charge in [-0.2, -0.15) is 8.42 Å². The largest absolute Gasteiger partial charge is 0.387 e. The summed E-state index contributed by atoms with van der Waals surface area (Å²) >= 11 is 0. The van der Waals surface area contributed by atoms with E-state index in [2.05, 4.69) is 55.6 Å². The van der Waals surface area contributed by atoms with Crippen LogP contribution in [0.5, 0.6) is 0 Å². The van der Waals surface area contributed by atoms with Crippen molar-refractivity contribution in [2.24, 2.45) is 0 Å². The molecule has 0 saturated carbocycles. The van der Waals surface area contributed by atoms with Gasteiger partial charge in [0.05, 0.1) is 17.9 Å². The molecular formula is C33H59NO5S. The summed E-state index contributed by atoms with van der Waals surface area (Å²) in [4.78, 5) is 12.3. The molecule has 7 heteroatoms. The third-order valence-electron chi connectivity index (χ3n) is 6.71. The first-order valence-corrected chi connectivity index (χ1v) is 17.4. The lowest BCUT2D eigenvalue weighted by Crippen LogP contribution is -2.46. The fourth-order valence-corrected chi connectivity index (χ4v) is 5.06. The molecule has 0 spiro atoms. The number of allylic oxidation sites excluding steroid dienone is 7. The van der Waals surface area contributed by atoms with E-state index in [0.29, 0.717) is 6.42 Å². The second-order valence-corrected chi connectivity index (χ2v) is 12.2. The summed E-state index contributed by atoms with van der Waals surface area (Å²) in [5, 5.41) is 13.0. The molecule has 0 aromatic heterocycles. The molecule has 0 aliphatic carbocycles. The number of carbonyl (C=O) groups excluding carboxylic acids is 1. The summed E-state index contributed by atoms with van der Waals surface area (Å²) in [6, 6.07) is -1.07. The van der Waals surface area contributed by atoms with Crippen molar-refractivity contribution in [1.29, 1.82) is 0 Å². The summed E-state index contributed by atoms with van der Waals surface area (Å²) in [6.45, 7) is 4.35. The van der Waals surface area contributed by atoms with E-state index in [0.717, 1.165) is 57.8 Å². The van der Waals surface area contributed by atoms with Crippen molar-refractivity contribution in [1.82, 2.24) is 5.32 Å². The number of aliphatic hydroxyl groups excluding tert-OH is 1. The molecular weight excluding hydrogens is 522 g/mol. The highest BCUT2D eigenvalue weighted by Gasteiger charge is 2.24. The average Bonchev–Trinajstić information content (AvgIpc) is 2.90. The second-order valence-electron chi connectivity index (χ2n) is 10.7. The van der Waals surface area contributed by atoms with E-state index in [1.54, 1.807) is 6.08 Å². The second kappa shape index (κ2) is 27.5. The van der Waals surface area contributed by atoms with E-state index >= 15 is 0 Å². The Morgan fingerprint density at radius 1 is 0.675 bits per heavy atom. The van der Waals surface area contributed by atoms with Crippen molar-refractivity contribution in [3.05, 3.63) is 48.6 Å². The number of carbonyl (C=O) groups is 1. The van der Waals surface area contributed by atoms with Gasteiger partial charge in [-0.05, 0) is 57.8 Å². The zero-order chi connectivity index (χ0) is 29.7. The van der Waals surface area contributed by atoms with Gasteiger partial charge in [0.25, 0.3) is 10.1 Å². The highest BCUT2D eigenvalue weighted by molar-refractivity contribution is 7.85. The molecule has 6 nitrogen and oxygen atoms in total. The lowest BCUT2D eigenvalue weighted by atomic mass is 10.1. The zero-order valence-corrected chi connectivity index (χ0v) is 26.3. The molecule has 1 amide bonds. The van der Waals surface area contributed by atoms with Crippen molar-refractivity contribution in [3.63, 3.8) is 0 Å². The standard InChI is InChI=1S/C33H59NO5S/c1-3-5-7-9-11-12-13-14-15-16-17-18-19-20-21-23-25-27-29-33(36)34-31(30-40(37,38)39)32(35)28-26-24-22-10-8-6-4-2/h8,10,12-13,15-16,26,28,31-32,35H,3-7,9,11,14,17-25,27,29-30H2,1-2H3,(H,34,36)(H,37,38,39)/b10-8+,13-12-,16-15-,28-26+. The quantitative estimate of drug-likeness (QED) is 0.0513. The van der Waals surface area contributed by atoms with Crippen LogP contribution in [0.15, 0.2) is 48.6 Å². The highest BCUT2D eigenvalue weighted by Crippen LogP contribution is 2.11. The average molecular weight is 582 g/mol. The molecule has 2 unspecified atom stereocenters. The van der Waals surface area contributed by atoms with Gasteiger partial charge >= 0.3 is 0 Å². The predicted molar refractivity (Wildman–Crippen MR) is 170 cm³/mol. The van der Waals surface area contributed by atoms with Crippen LogP contribution in [0.25, 0.3) is 0 Å². The van der Waals surface area contributed by atoms with Crippen LogP contribution in [0.4, 0.5) is 0 Å². The molecule has 0 aromatic carbocycles. The third-order valence-corrected chi connectivity index (χ3v) is 7.49. The minimum Gasteiger partial charge on any atom is -0.387 e. The van der Waals surface area contributed by atoms with E-state index in [4.69, 9.17) is 0 Å². The van der Waals surface area contributed by atoms with Gasteiger partial charge in [0, 0.05) is 6.42 Å². The normalized spacial score (nSPS) is 14.2. The molecule has 232 valence electrons. The van der Waals surface area contributed by atoms with Gasteiger partial charge in [0.2, 0.25) is 5.91 Å². The molecule has 0 radical (unpaired) electrons. The predicted octanol–water partition coefficient (Wildman–Crippen LogP) is 8.40. The fraction of sp³-hybridized carbons (Fsp3) is 0.727. The zero-order valence-electron chi connectivity index (χ0n) is 25.4. The number of nitrogens with one attached hydrogen (secondary N) is 1. The third kappa shape index (κ3) is 27.9. The topological polar surface area (TPSA) is 104 Å². The highest BCUT2D eigenvalue weighted by atomic mass is 32.2. The molecule has 0 saturated heterocycles. The Morgan fingerprint density at radius 3 is 1.80 bits per heavy atom. The van der Waals surface area contributed by atoms with Crippen LogP contribution in [-0.2, 0) is 14.9 Å². The molecule has 3 N–H and O–H groups in total. The first-order chi connectivity index (χ1) is 19.3. The molecule has 2 atom stereocenters. The van der Waals surface area contributed by atoms with Gasteiger partial charge in [0.15, 0.2) is 0 Å². The Morgan fingerprint density at radius 2 is 1.20 bits per heavy atom. The first-order valence-electron chi connectivity index (χ1n) is 15.8. The van der Waals surface area contributed by atoms with Crippen LogP contribution < -0.4 is 5.32 Å². The Hall–Kier alpha value is -1.70. The molecule has 0 aromatic rings. The van der Waals surface area contributed by atoms with Crippen molar-refractivity contribution in [2.45, 2.75) is 148 Å². The van der Waals surface area contributed by atoms with Crippen LogP contribution in [0, 0.1) is 0 Å². The SMILES string of the molecule is CCC/C=C/CC/C=C/C(O)C(CS(=O)(=O)O)NC(=O)CCCCCCCCC/C=C\C/C=C\CCCCCC. The summed E-state index contributed by atoms with van der Waals surface area (Å²) in [6.07, 6.45) is 35.5. The van der Waals surface area contributed by atoms with E-state index in [1.807, 2.05) is 0 Å². The lowest BCUT2D eigenvalue weighted by molar-refractivity contribution is -0.122. The summed E-state index contributed by atoms with van der Waals surface area (Å²) in [7, 11) is -4.34. The smallest absolute Gasteiger partial charge is 0.267 e. The van der Waals surface area contributed by atoms with Gasteiger partial charge < -0.3 is 10.4 Å². The first kappa shape index (κ1) is 38.3. The number of hydrogen-bond donors (Lipinski definition) is 3. The van der Waals surface area contributed by atoms with Gasteiger partial charge in [-0.25, -0.2) is 0 Å². The maximum absolute atomic E-state index is 12.3. The Kier molecular flexibility index (Phi) is 26.3. The van der Waals surface area contributed by atoms with Crippen molar-refractivity contribution < 1.29 is 22.9 Å². The van der Waals surface area contributed by atoms with E-state index in [-0.39, 0.29) is 12.3 Å². The Labute approximate surface area is 246 Å². The minimum absolute atomic E-state index is 0.276. The molecule has 0 bridgehead atoms. The molecule has 40 heavy (non-hydrogen) atoms. The molecule has 0 fully saturated rings. The van der Waals surface area contributed by atoms with Crippen LogP contribution in [-0.4, -0.2) is 41.9 Å². The van der Waals surface area contributed by atoms with Crippen molar-refractivity contribution >= 4 is 16.0 Å². The van der Waals surface area contributed by atoms with E-state index in [1.165, 1.54) is 57.4 Å². The summed E-state index contributed by atoms with van der Waals surface area (Å²) < 4.78 is 32.0. The Bertz CT molecular complexity index is 817. The van der Waals surface area contributed by atoms with Gasteiger partial charge in [-0.15, -0.1) is 0 Å². The van der Waals surface area contributed by atoms with Crippen LogP contribution in [0.1, 0.15) is 136 Å². The molecule has 0 aliphatic rings. The molecule has 0 rings (SSSR count). The van der Waals surface area contributed by atoms with Crippen LogP contribution in [0.3, 0.4) is 0 Å². The summed E-state index contributed by atoms with van der Waals surface area (Å²) in [5.74, 6) is -1.02. The number of hydrogen-bond acceptors (Lipinski definition) is 4. The van der Waals surface area contributed by atoms with Crippen LogP contribution >= 0.6 is 0 Å². The fourth-order valence-electron chi connectivity index (χ4n) is 4.32. The molecule has 0 aliphatic heterocycles. The monoisotopic (exact) mass is 581 g/mol. The van der Waals surface area contributed by atoms with Crippen molar-refractivity contribution in [3.8, 4) is 0 Å². The Balaban J connectivity index is 3.99. The van der Waals surface area contributed by atoms with Crippen LogP contribution in [0.2, 0.25) is 0 Å². The number of aliphatic hydroxyl groups is 1. The number of amides is 1. The molecule has 0 heterocycles. The van der Waals surface area contributed by atoms with E-state index in [9.17, 15) is 22.9 Å². The lowest BCUT2D eigenvalue weighted by Gasteiger charge is -2.21. The van der Waals surface area contributed by atoms with Gasteiger partial charge in [-0.1, -0.05) is 120 Å². The number of rotatable bonds is 27. The van der Waals surface area contributed by atoms with Gasteiger partial charge in [-0.3, -0.25) is 9.35 Å².